The maximum absolute atomic E-state index is 11.0. The zero-order valence-electron chi connectivity index (χ0n) is 5.83. The quantitative estimate of drug-likeness (QED) is 0.565. The van der Waals surface area contributed by atoms with Gasteiger partial charge < -0.3 is 8.83 Å². The van der Waals surface area contributed by atoms with Crippen molar-refractivity contribution in [2.24, 2.45) is 0 Å². The first-order valence-electron chi connectivity index (χ1n) is 3.12. The molecule has 0 radical (unpaired) electrons. The van der Waals surface area contributed by atoms with E-state index in [1.54, 1.807) is 6.92 Å². The lowest BCUT2D eigenvalue weighted by Crippen LogP contribution is -1.94. The van der Waals surface area contributed by atoms with Gasteiger partial charge in [0.25, 0.3) is 5.71 Å². The molecule has 4 heteroatoms. The van der Waals surface area contributed by atoms with Gasteiger partial charge in [-0.1, -0.05) is 0 Å². The van der Waals surface area contributed by atoms with Crippen molar-refractivity contribution in [3.63, 3.8) is 0 Å². The summed E-state index contributed by atoms with van der Waals surface area (Å²) in [7, 11) is 0. The summed E-state index contributed by atoms with van der Waals surface area (Å²) in [6.45, 7) is 1.66. The highest BCUT2D eigenvalue weighted by Crippen LogP contribution is 2.08. The highest BCUT2D eigenvalue weighted by atomic mass is 16.4. The number of oxazole rings is 1. The maximum Gasteiger partial charge on any atom is 0.269 e. The van der Waals surface area contributed by atoms with Gasteiger partial charge in [-0.25, -0.2) is 0 Å². The Kier molecular flexibility index (Phi) is 1.09. The number of hydrogen-bond acceptors (Lipinski definition) is 4. The van der Waals surface area contributed by atoms with Gasteiger partial charge in [-0.3, -0.25) is 4.79 Å². The fourth-order valence-corrected chi connectivity index (χ4v) is 0.879. The molecule has 0 aliphatic rings. The lowest BCUT2D eigenvalue weighted by molar-refractivity contribution is 0.555. The zero-order chi connectivity index (χ0) is 7.84. The number of aryl methyl sites for hydroxylation is 1. The van der Waals surface area contributed by atoms with E-state index in [2.05, 4.69) is 4.98 Å². The minimum absolute atomic E-state index is 0.185. The minimum atomic E-state index is -0.202. The Balaban J connectivity index is 3.02. The number of nitrogens with zero attached hydrogens (tertiary/aromatic N) is 1. The third kappa shape index (κ3) is 0.832. The Morgan fingerprint density at radius 2 is 2.36 bits per heavy atom. The first kappa shape index (κ1) is 6.15. The predicted octanol–water partition coefficient (Wildman–Crippen LogP) is 1.09. The summed E-state index contributed by atoms with van der Waals surface area (Å²) in [6.07, 6.45) is 1.30. The highest BCUT2D eigenvalue weighted by Gasteiger charge is 2.05. The number of fused-ring (bicyclic) bond motifs is 1. The normalized spacial score (nSPS) is 10.6. The first-order chi connectivity index (χ1) is 5.27. The summed E-state index contributed by atoms with van der Waals surface area (Å²) < 4.78 is 9.89. The second-order valence-electron chi connectivity index (χ2n) is 2.15. The molecule has 0 amide bonds. The van der Waals surface area contributed by atoms with E-state index in [0.29, 0.717) is 5.89 Å². The smallest absolute Gasteiger partial charge is 0.269 e. The Labute approximate surface area is 61.5 Å². The molecule has 2 rings (SSSR count). The molecule has 0 unspecified atom stereocenters. The van der Waals surface area contributed by atoms with Gasteiger partial charge in [0.1, 0.15) is 0 Å². The Morgan fingerprint density at radius 3 is 3.09 bits per heavy atom. The molecule has 0 aliphatic heterocycles. The van der Waals surface area contributed by atoms with E-state index in [9.17, 15) is 4.79 Å². The second kappa shape index (κ2) is 1.95. The summed E-state index contributed by atoms with van der Waals surface area (Å²) in [5.41, 5.74) is 0.242. The average Bonchev–Trinajstić information content (AvgIpc) is 2.31. The molecule has 0 aliphatic carbocycles. The van der Waals surface area contributed by atoms with Crippen LogP contribution in [0.2, 0.25) is 0 Å². The molecule has 0 N–H and O–H groups in total. The van der Waals surface area contributed by atoms with Gasteiger partial charge in [-0.2, -0.15) is 4.98 Å². The molecular formula is C7H5NO3. The molecule has 0 bridgehead atoms. The van der Waals surface area contributed by atoms with Gasteiger partial charge in [0.2, 0.25) is 11.0 Å². The van der Waals surface area contributed by atoms with Gasteiger partial charge in [0, 0.05) is 13.0 Å². The molecule has 0 fully saturated rings. The van der Waals surface area contributed by atoms with E-state index in [1.165, 1.54) is 12.3 Å². The van der Waals surface area contributed by atoms with E-state index < -0.39 is 0 Å². The maximum atomic E-state index is 11.0. The molecule has 4 nitrogen and oxygen atoms in total. The van der Waals surface area contributed by atoms with Crippen LogP contribution in [0.15, 0.2) is 26.0 Å². The monoisotopic (exact) mass is 151 g/mol. The lowest BCUT2D eigenvalue weighted by atomic mass is 10.5. The van der Waals surface area contributed by atoms with Crippen molar-refractivity contribution >= 4 is 11.3 Å². The van der Waals surface area contributed by atoms with Gasteiger partial charge in [-0.15, -0.1) is 0 Å². The summed E-state index contributed by atoms with van der Waals surface area (Å²) in [5.74, 6) is 0.437. The number of rotatable bonds is 0. The summed E-state index contributed by atoms with van der Waals surface area (Å²) in [5, 5.41) is 0. The van der Waals surface area contributed by atoms with E-state index in [-0.39, 0.29) is 16.7 Å². The van der Waals surface area contributed by atoms with Crippen LogP contribution in [0.5, 0.6) is 0 Å². The van der Waals surface area contributed by atoms with Crippen LogP contribution in [0, 0.1) is 6.92 Å². The number of hydrogen-bond donors (Lipinski definition) is 0. The largest absolute Gasteiger partial charge is 0.444 e. The van der Waals surface area contributed by atoms with Crippen molar-refractivity contribution in [1.29, 1.82) is 0 Å². The Morgan fingerprint density at radius 1 is 1.55 bits per heavy atom. The van der Waals surface area contributed by atoms with Crippen molar-refractivity contribution in [2.45, 2.75) is 6.92 Å². The number of aromatic nitrogens is 1. The van der Waals surface area contributed by atoms with Crippen molar-refractivity contribution < 1.29 is 8.83 Å². The predicted molar refractivity (Wildman–Crippen MR) is 37.3 cm³/mol. The van der Waals surface area contributed by atoms with Gasteiger partial charge in [0.05, 0.1) is 6.26 Å². The van der Waals surface area contributed by atoms with Crippen LogP contribution in [0.25, 0.3) is 11.3 Å². The van der Waals surface area contributed by atoms with E-state index in [1.807, 2.05) is 0 Å². The van der Waals surface area contributed by atoms with Crippen LogP contribution in [-0.2, 0) is 0 Å². The van der Waals surface area contributed by atoms with Crippen LogP contribution >= 0.6 is 0 Å². The SMILES string of the molecule is Cc1nc2occc(=O)c2o1. The fraction of sp³-hybridized carbons (Fsp3) is 0.143. The summed E-state index contributed by atoms with van der Waals surface area (Å²) in [4.78, 5) is 14.8. The molecule has 2 aromatic rings. The highest BCUT2D eigenvalue weighted by molar-refractivity contribution is 5.64. The van der Waals surface area contributed by atoms with Crippen LogP contribution in [-0.4, -0.2) is 4.98 Å². The van der Waals surface area contributed by atoms with Gasteiger partial charge >= 0.3 is 0 Å². The third-order valence-electron chi connectivity index (χ3n) is 1.33. The van der Waals surface area contributed by atoms with E-state index in [0.717, 1.165) is 0 Å². The van der Waals surface area contributed by atoms with Crippen LogP contribution in [0.3, 0.4) is 0 Å². The Bertz CT molecular complexity index is 440. The van der Waals surface area contributed by atoms with Gasteiger partial charge in [0.15, 0.2) is 5.89 Å². The topological polar surface area (TPSA) is 56.2 Å². The first-order valence-corrected chi connectivity index (χ1v) is 3.12. The van der Waals surface area contributed by atoms with Crippen molar-refractivity contribution in [1.82, 2.24) is 4.98 Å². The van der Waals surface area contributed by atoms with Crippen LogP contribution in [0.1, 0.15) is 5.89 Å². The molecule has 0 spiro atoms. The minimum Gasteiger partial charge on any atom is -0.444 e. The van der Waals surface area contributed by atoms with Crippen molar-refractivity contribution in [3.8, 4) is 0 Å². The molecule has 0 aromatic carbocycles. The molecule has 2 heterocycles. The third-order valence-corrected chi connectivity index (χ3v) is 1.33. The molecule has 11 heavy (non-hydrogen) atoms. The molecule has 0 atom stereocenters. The molecular weight excluding hydrogens is 146 g/mol. The van der Waals surface area contributed by atoms with Crippen LogP contribution in [0.4, 0.5) is 0 Å². The molecule has 0 saturated heterocycles. The average molecular weight is 151 g/mol. The summed E-state index contributed by atoms with van der Waals surface area (Å²) >= 11 is 0. The zero-order valence-corrected chi connectivity index (χ0v) is 5.83. The van der Waals surface area contributed by atoms with Crippen molar-refractivity contribution in [3.05, 3.63) is 28.4 Å². The lowest BCUT2D eigenvalue weighted by Gasteiger charge is -1.79. The summed E-state index contributed by atoms with van der Waals surface area (Å²) in [6, 6.07) is 1.30. The van der Waals surface area contributed by atoms with Gasteiger partial charge in [-0.05, 0) is 0 Å². The van der Waals surface area contributed by atoms with E-state index >= 15 is 0 Å². The van der Waals surface area contributed by atoms with Crippen LogP contribution < -0.4 is 5.43 Å². The standard InChI is InChI=1S/C7H5NO3/c1-4-8-7-6(11-4)5(9)2-3-10-7/h2-3H,1H3. The fourth-order valence-electron chi connectivity index (χ4n) is 0.879. The molecule has 2 aromatic heterocycles. The Hall–Kier alpha value is -1.58. The second-order valence-corrected chi connectivity index (χ2v) is 2.15. The molecule has 56 valence electrons. The van der Waals surface area contributed by atoms with Crippen molar-refractivity contribution in [2.75, 3.05) is 0 Å². The molecule has 0 saturated carbocycles. The van der Waals surface area contributed by atoms with E-state index in [4.69, 9.17) is 8.83 Å².